The van der Waals surface area contributed by atoms with E-state index in [9.17, 15) is 14.7 Å². The SMILES string of the molecule is COc1ccccc1CNC(=O)[C@H]1[C@@H]2CC[C@@H](C2)[C@@H]1C(=O)O. The van der Waals surface area contributed by atoms with Crippen molar-refractivity contribution in [3.63, 3.8) is 0 Å². The van der Waals surface area contributed by atoms with E-state index >= 15 is 0 Å². The molecule has 118 valence electrons. The summed E-state index contributed by atoms with van der Waals surface area (Å²) in [6.45, 7) is 0.364. The molecule has 2 fully saturated rings. The van der Waals surface area contributed by atoms with Crippen LogP contribution < -0.4 is 10.1 Å². The summed E-state index contributed by atoms with van der Waals surface area (Å²) in [5, 5.41) is 12.3. The molecular formula is C17H21NO4. The van der Waals surface area contributed by atoms with Gasteiger partial charge in [0, 0.05) is 12.1 Å². The van der Waals surface area contributed by atoms with Gasteiger partial charge in [-0.05, 0) is 37.2 Å². The standard InChI is InChI=1S/C17H21NO4/c1-22-13-5-3-2-4-12(13)9-18-16(19)14-10-6-7-11(8-10)15(14)17(20)21/h2-5,10-11,14-15H,6-9H2,1H3,(H,18,19)(H,20,21)/t10-,11+,14+,15+/m1/s1. The van der Waals surface area contributed by atoms with E-state index in [0.717, 1.165) is 30.6 Å². The highest BCUT2D eigenvalue weighted by Gasteiger charge is 2.53. The van der Waals surface area contributed by atoms with Crippen molar-refractivity contribution in [1.82, 2.24) is 5.32 Å². The Hall–Kier alpha value is -2.04. The van der Waals surface area contributed by atoms with E-state index in [1.807, 2.05) is 24.3 Å². The van der Waals surface area contributed by atoms with Gasteiger partial charge in [-0.1, -0.05) is 18.2 Å². The summed E-state index contributed by atoms with van der Waals surface area (Å²) in [6, 6.07) is 7.51. The largest absolute Gasteiger partial charge is 0.496 e. The molecule has 0 radical (unpaired) electrons. The smallest absolute Gasteiger partial charge is 0.307 e. The van der Waals surface area contributed by atoms with Gasteiger partial charge >= 0.3 is 5.97 Å². The van der Waals surface area contributed by atoms with Crippen molar-refractivity contribution in [2.75, 3.05) is 7.11 Å². The second-order valence-corrected chi connectivity index (χ2v) is 6.25. The first-order chi connectivity index (χ1) is 10.6. The lowest BCUT2D eigenvalue weighted by Crippen LogP contribution is -2.41. The van der Waals surface area contributed by atoms with Gasteiger partial charge in [-0.3, -0.25) is 9.59 Å². The van der Waals surface area contributed by atoms with E-state index < -0.39 is 11.9 Å². The fraction of sp³-hybridized carbons (Fsp3) is 0.529. The van der Waals surface area contributed by atoms with Crippen molar-refractivity contribution in [1.29, 1.82) is 0 Å². The van der Waals surface area contributed by atoms with E-state index in [4.69, 9.17) is 4.74 Å². The third kappa shape index (κ3) is 2.56. The number of benzene rings is 1. The predicted octanol–water partition coefficient (Wildman–Crippen LogP) is 2.06. The first-order valence-corrected chi connectivity index (χ1v) is 7.74. The number of nitrogens with one attached hydrogen (secondary N) is 1. The summed E-state index contributed by atoms with van der Waals surface area (Å²) < 4.78 is 5.27. The van der Waals surface area contributed by atoms with Crippen LogP contribution in [-0.2, 0) is 16.1 Å². The molecule has 2 bridgehead atoms. The highest BCUT2D eigenvalue weighted by molar-refractivity contribution is 5.86. The van der Waals surface area contributed by atoms with Gasteiger partial charge in [-0.2, -0.15) is 0 Å². The van der Waals surface area contributed by atoms with Crippen molar-refractivity contribution in [2.45, 2.75) is 25.8 Å². The van der Waals surface area contributed by atoms with Crippen LogP contribution in [0.1, 0.15) is 24.8 Å². The van der Waals surface area contributed by atoms with E-state index in [1.165, 1.54) is 0 Å². The van der Waals surface area contributed by atoms with Crippen LogP contribution in [0.15, 0.2) is 24.3 Å². The molecule has 0 unspecified atom stereocenters. The van der Waals surface area contributed by atoms with Gasteiger partial charge in [0.15, 0.2) is 0 Å². The average molecular weight is 303 g/mol. The number of ether oxygens (including phenoxy) is 1. The summed E-state index contributed by atoms with van der Waals surface area (Å²) in [5.74, 6) is -0.740. The highest BCUT2D eigenvalue weighted by atomic mass is 16.5. The van der Waals surface area contributed by atoms with Crippen molar-refractivity contribution >= 4 is 11.9 Å². The minimum Gasteiger partial charge on any atom is -0.496 e. The van der Waals surface area contributed by atoms with E-state index in [1.54, 1.807) is 7.11 Å². The fourth-order valence-electron chi connectivity index (χ4n) is 4.17. The number of hydrogen-bond acceptors (Lipinski definition) is 3. The van der Waals surface area contributed by atoms with Crippen molar-refractivity contribution in [3.8, 4) is 5.75 Å². The molecule has 2 aliphatic carbocycles. The number of carbonyl (C=O) groups is 2. The third-order valence-electron chi connectivity index (χ3n) is 5.15. The number of rotatable bonds is 5. The molecule has 1 aromatic rings. The van der Waals surface area contributed by atoms with E-state index in [0.29, 0.717) is 6.54 Å². The Morgan fingerprint density at radius 3 is 2.59 bits per heavy atom. The van der Waals surface area contributed by atoms with Gasteiger partial charge in [0.25, 0.3) is 0 Å². The Balaban J connectivity index is 1.68. The fourth-order valence-corrected chi connectivity index (χ4v) is 4.17. The molecule has 1 aromatic carbocycles. The minimum atomic E-state index is -0.829. The molecule has 0 heterocycles. The molecule has 1 amide bonds. The number of carboxylic acid groups (broad SMARTS) is 1. The Labute approximate surface area is 129 Å². The topological polar surface area (TPSA) is 75.6 Å². The van der Waals surface area contributed by atoms with Gasteiger partial charge < -0.3 is 15.2 Å². The summed E-state index contributed by atoms with van der Waals surface area (Å²) >= 11 is 0. The van der Waals surface area contributed by atoms with Gasteiger partial charge in [0.1, 0.15) is 5.75 Å². The highest BCUT2D eigenvalue weighted by Crippen LogP contribution is 2.52. The minimum absolute atomic E-state index is 0.134. The van der Waals surface area contributed by atoms with Crippen molar-refractivity contribution < 1.29 is 19.4 Å². The lowest BCUT2D eigenvalue weighted by atomic mass is 9.78. The van der Waals surface area contributed by atoms with Gasteiger partial charge in [-0.25, -0.2) is 0 Å². The normalized spacial score (nSPS) is 29.3. The van der Waals surface area contributed by atoms with E-state index in [-0.39, 0.29) is 23.7 Å². The predicted molar refractivity (Wildman–Crippen MR) is 80.3 cm³/mol. The molecule has 0 aliphatic heterocycles. The quantitative estimate of drug-likeness (QED) is 0.873. The number of hydrogen-bond donors (Lipinski definition) is 2. The molecule has 2 N–H and O–H groups in total. The lowest BCUT2D eigenvalue weighted by molar-refractivity contribution is -0.149. The number of para-hydroxylation sites is 1. The second-order valence-electron chi connectivity index (χ2n) is 6.25. The molecule has 2 aliphatic rings. The molecule has 22 heavy (non-hydrogen) atoms. The molecule has 3 rings (SSSR count). The molecule has 0 spiro atoms. The monoisotopic (exact) mass is 303 g/mol. The molecule has 5 nitrogen and oxygen atoms in total. The molecule has 0 aromatic heterocycles. The summed E-state index contributed by atoms with van der Waals surface area (Å²) in [4.78, 5) is 24.0. The Morgan fingerprint density at radius 2 is 1.91 bits per heavy atom. The third-order valence-corrected chi connectivity index (χ3v) is 5.15. The molecule has 4 atom stereocenters. The second kappa shape index (κ2) is 5.99. The Morgan fingerprint density at radius 1 is 1.23 bits per heavy atom. The zero-order valence-corrected chi connectivity index (χ0v) is 12.6. The average Bonchev–Trinajstić information content (AvgIpc) is 3.13. The van der Waals surface area contributed by atoms with Gasteiger partial charge in [-0.15, -0.1) is 0 Å². The summed E-state index contributed by atoms with van der Waals surface area (Å²) in [7, 11) is 1.59. The Kier molecular flexibility index (Phi) is 4.05. The van der Waals surface area contributed by atoms with Gasteiger partial charge in [0.2, 0.25) is 5.91 Å². The molecular weight excluding hydrogens is 282 g/mol. The number of carboxylic acids is 1. The summed E-state index contributed by atoms with van der Waals surface area (Å²) in [6.07, 6.45) is 2.79. The maximum atomic E-state index is 12.5. The summed E-state index contributed by atoms with van der Waals surface area (Å²) in [5.41, 5.74) is 0.897. The number of methoxy groups -OCH3 is 1. The maximum absolute atomic E-state index is 12.5. The van der Waals surface area contributed by atoms with E-state index in [2.05, 4.69) is 5.32 Å². The zero-order chi connectivity index (χ0) is 15.7. The van der Waals surface area contributed by atoms with Crippen LogP contribution in [-0.4, -0.2) is 24.1 Å². The number of amides is 1. The first kappa shape index (κ1) is 14.9. The van der Waals surface area contributed by atoms with Crippen LogP contribution >= 0.6 is 0 Å². The van der Waals surface area contributed by atoms with Crippen LogP contribution in [0.4, 0.5) is 0 Å². The van der Waals surface area contributed by atoms with Crippen LogP contribution in [0.25, 0.3) is 0 Å². The lowest BCUT2D eigenvalue weighted by Gasteiger charge is -2.27. The molecule has 0 saturated heterocycles. The zero-order valence-electron chi connectivity index (χ0n) is 12.6. The van der Waals surface area contributed by atoms with Gasteiger partial charge in [0.05, 0.1) is 18.9 Å². The number of fused-ring (bicyclic) bond motifs is 2. The van der Waals surface area contributed by atoms with Crippen molar-refractivity contribution in [3.05, 3.63) is 29.8 Å². The number of aliphatic carboxylic acids is 1. The maximum Gasteiger partial charge on any atom is 0.307 e. The Bertz CT molecular complexity index is 586. The van der Waals surface area contributed by atoms with Crippen LogP contribution in [0.3, 0.4) is 0 Å². The molecule has 5 heteroatoms. The van der Waals surface area contributed by atoms with Crippen molar-refractivity contribution in [2.24, 2.45) is 23.7 Å². The first-order valence-electron chi connectivity index (χ1n) is 7.74. The molecule has 2 saturated carbocycles. The van der Waals surface area contributed by atoms with Crippen LogP contribution in [0.2, 0.25) is 0 Å². The van der Waals surface area contributed by atoms with Crippen LogP contribution in [0, 0.1) is 23.7 Å². The van der Waals surface area contributed by atoms with Crippen LogP contribution in [0.5, 0.6) is 5.75 Å². The number of carbonyl (C=O) groups excluding carboxylic acids is 1.